The Bertz CT molecular complexity index is 638. The number of hydrogen-bond acceptors (Lipinski definition) is 2. The van der Waals surface area contributed by atoms with Crippen LogP contribution in [0.1, 0.15) is 44.2 Å². The molecule has 0 spiro atoms. The molecule has 2 nitrogen and oxygen atoms in total. The number of ether oxygens (including phenoxy) is 1. The van der Waals surface area contributed by atoms with Gasteiger partial charge in [0.15, 0.2) is 0 Å². The summed E-state index contributed by atoms with van der Waals surface area (Å²) in [7, 11) is 0. The van der Waals surface area contributed by atoms with E-state index in [0.717, 1.165) is 25.6 Å². The molecule has 2 aromatic rings. The highest BCUT2D eigenvalue weighted by atomic mass is 16.5. The van der Waals surface area contributed by atoms with Crippen LogP contribution in [0.3, 0.4) is 0 Å². The van der Waals surface area contributed by atoms with E-state index in [0.29, 0.717) is 5.92 Å². The van der Waals surface area contributed by atoms with Crippen LogP contribution in [0, 0.1) is 11.8 Å². The first-order valence-corrected chi connectivity index (χ1v) is 10.0. The SMILES string of the molecule is CC1(C)CC(C(CCNCc2ccccc2)Cc2ccccc2)CCO1. The lowest BCUT2D eigenvalue weighted by Crippen LogP contribution is -2.38. The first kappa shape index (κ1) is 19.1. The van der Waals surface area contributed by atoms with Crippen LogP contribution in [0.5, 0.6) is 0 Å². The number of hydrogen-bond donors (Lipinski definition) is 1. The molecular formula is C24H33NO. The third-order valence-electron chi connectivity index (χ3n) is 5.61. The van der Waals surface area contributed by atoms with E-state index < -0.39 is 0 Å². The summed E-state index contributed by atoms with van der Waals surface area (Å²) in [5.41, 5.74) is 2.85. The highest BCUT2D eigenvalue weighted by molar-refractivity contribution is 5.16. The van der Waals surface area contributed by atoms with E-state index in [1.807, 2.05) is 0 Å². The highest BCUT2D eigenvalue weighted by Gasteiger charge is 2.33. The second-order valence-corrected chi connectivity index (χ2v) is 8.26. The van der Waals surface area contributed by atoms with Crippen LogP contribution in [0.15, 0.2) is 60.7 Å². The van der Waals surface area contributed by atoms with Crippen molar-refractivity contribution in [2.24, 2.45) is 11.8 Å². The molecule has 0 aliphatic carbocycles. The zero-order valence-corrected chi connectivity index (χ0v) is 16.3. The molecule has 0 bridgehead atoms. The Morgan fingerprint density at radius 1 is 1.00 bits per heavy atom. The second kappa shape index (κ2) is 9.34. The molecular weight excluding hydrogens is 318 g/mol. The van der Waals surface area contributed by atoms with Gasteiger partial charge in [0.25, 0.3) is 0 Å². The summed E-state index contributed by atoms with van der Waals surface area (Å²) in [6, 6.07) is 21.7. The molecule has 140 valence electrons. The zero-order chi connectivity index (χ0) is 18.2. The van der Waals surface area contributed by atoms with Gasteiger partial charge in [0.05, 0.1) is 5.60 Å². The van der Waals surface area contributed by atoms with Crippen LogP contribution in [-0.4, -0.2) is 18.8 Å². The molecule has 1 heterocycles. The third kappa shape index (κ3) is 5.96. The van der Waals surface area contributed by atoms with Gasteiger partial charge in [-0.1, -0.05) is 60.7 Å². The van der Waals surface area contributed by atoms with Gasteiger partial charge >= 0.3 is 0 Å². The molecule has 1 aliphatic heterocycles. The molecule has 2 heteroatoms. The van der Waals surface area contributed by atoms with E-state index in [9.17, 15) is 0 Å². The summed E-state index contributed by atoms with van der Waals surface area (Å²) in [5.74, 6) is 1.46. The van der Waals surface area contributed by atoms with Gasteiger partial charge in [-0.2, -0.15) is 0 Å². The van der Waals surface area contributed by atoms with Gasteiger partial charge in [0, 0.05) is 13.2 Å². The highest BCUT2D eigenvalue weighted by Crippen LogP contribution is 2.36. The van der Waals surface area contributed by atoms with Crippen molar-refractivity contribution in [1.29, 1.82) is 0 Å². The Kier molecular flexibility index (Phi) is 6.87. The normalized spacial score (nSPS) is 20.6. The average Bonchev–Trinajstić information content (AvgIpc) is 2.65. The van der Waals surface area contributed by atoms with Crippen molar-refractivity contribution in [3.8, 4) is 0 Å². The topological polar surface area (TPSA) is 21.3 Å². The Morgan fingerprint density at radius 2 is 1.65 bits per heavy atom. The van der Waals surface area contributed by atoms with Crippen molar-refractivity contribution >= 4 is 0 Å². The predicted molar refractivity (Wildman–Crippen MR) is 109 cm³/mol. The van der Waals surface area contributed by atoms with E-state index in [4.69, 9.17) is 4.74 Å². The van der Waals surface area contributed by atoms with Crippen LogP contribution in [0.2, 0.25) is 0 Å². The Morgan fingerprint density at radius 3 is 2.31 bits per heavy atom. The lowest BCUT2D eigenvalue weighted by atomic mass is 9.75. The molecule has 1 aliphatic rings. The van der Waals surface area contributed by atoms with Gasteiger partial charge in [0.2, 0.25) is 0 Å². The quantitative estimate of drug-likeness (QED) is 0.658. The average molecular weight is 352 g/mol. The smallest absolute Gasteiger partial charge is 0.0629 e. The lowest BCUT2D eigenvalue weighted by Gasteiger charge is -2.39. The molecule has 0 aromatic heterocycles. The monoisotopic (exact) mass is 351 g/mol. The van der Waals surface area contributed by atoms with Crippen molar-refractivity contribution in [3.05, 3.63) is 71.8 Å². The van der Waals surface area contributed by atoms with Crippen LogP contribution < -0.4 is 5.32 Å². The molecule has 1 N–H and O–H groups in total. The summed E-state index contributed by atoms with van der Waals surface area (Å²) >= 11 is 0. The molecule has 26 heavy (non-hydrogen) atoms. The Hall–Kier alpha value is -1.64. The summed E-state index contributed by atoms with van der Waals surface area (Å²) in [4.78, 5) is 0. The maximum Gasteiger partial charge on any atom is 0.0629 e. The fourth-order valence-electron chi connectivity index (χ4n) is 4.22. The van der Waals surface area contributed by atoms with E-state index in [-0.39, 0.29) is 5.60 Å². The van der Waals surface area contributed by atoms with Crippen molar-refractivity contribution in [2.45, 2.75) is 51.7 Å². The van der Waals surface area contributed by atoms with E-state index in [1.165, 1.54) is 36.8 Å². The van der Waals surface area contributed by atoms with Gasteiger partial charge in [0.1, 0.15) is 0 Å². The molecule has 2 atom stereocenters. The minimum atomic E-state index is 0.0231. The number of nitrogens with one attached hydrogen (secondary N) is 1. The van der Waals surface area contributed by atoms with Crippen molar-refractivity contribution in [2.75, 3.05) is 13.2 Å². The first-order chi connectivity index (χ1) is 12.6. The van der Waals surface area contributed by atoms with Gasteiger partial charge in [-0.3, -0.25) is 0 Å². The minimum Gasteiger partial charge on any atom is -0.376 e. The van der Waals surface area contributed by atoms with E-state index in [2.05, 4.69) is 79.8 Å². The second-order valence-electron chi connectivity index (χ2n) is 8.26. The van der Waals surface area contributed by atoms with Gasteiger partial charge < -0.3 is 10.1 Å². The fraction of sp³-hybridized carbons (Fsp3) is 0.500. The molecule has 2 unspecified atom stereocenters. The molecule has 0 saturated carbocycles. The van der Waals surface area contributed by atoms with Gasteiger partial charge in [-0.15, -0.1) is 0 Å². The summed E-state index contributed by atoms with van der Waals surface area (Å²) < 4.78 is 5.96. The van der Waals surface area contributed by atoms with Crippen LogP contribution >= 0.6 is 0 Å². The summed E-state index contributed by atoms with van der Waals surface area (Å²) in [6.45, 7) is 7.42. The van der Waals surface area contributed by atoms with Crippen molar-refractivity contribution < 1.29 is 4.74 Å². The maximum atomic E-state index is 5.96. The van der Waals surface area contributed by atoms with E-state index in [1.54, 1.807) is 0 Å². The van der Waals surface area contributed by atoms with Crippen LogP contribution in [0.4, 0.5) is 0 Å². The molecule has 1 fully saturated rings. The van der Waals surface area contributed by atoms with Crippen LogP contribution in [-0.2, 0) is 17.7 Å². The summed E-state index contributed by atoms with van der Waals surface area (Å²) in [6.07, 6.45) is 4.76. The molecule has 0 amide bonds. The fourth-order valence-corrected chi connectivity index (χ4v) is 4.22. The van der Waals surface area contributed by atoms with Crippen molar-refractivity contribution in [3.63, 3.8) is 0 Å². The largest absolute Gasteiger partial charge is 0.376 e. The first-order valence-electron chi connectivity index (χ1n) is 10.0. The molecule has 3 rings (SSSR count). The minimum absolute atomic E-state index is 0.0231. The number of benzene rings is 2. The predicted octanol–water partition coefficient (Wildman–Crippen LogP) is 5.23. The van der Waals surface area contributed by atoms with E-state index >= 15 is 0 Å². The van der Waals surface area contributed by atoms with Crippen molar-refractivity contribution in [1.82, 2.24) is 5.32 Å². The summed E-state index contributed by atoms with van der Waals surface area (Å²) in [5, 5.41) is 3.65. The van der Waals surface area contributed by atoms with Crippen LogP contribution in [0.25, 0.3) is 0 Å². The molecule has 1 saturated heterocycles. The molecule has 2 aromatic carbocycles. The number of rotatable bonds is 8. The Labute approximate surface area is 159 Å². The van der Waals surface area contributed by atoms with Gasteiger partial charge in [-0.25, -0.2) is 0 Å². The lowest BCUT2D eigenvalue weighted by molar-refractivity contribution is -0.0830. The third-order valence-corrected chi connectivity index (χ3v) is 5.61. The molecule has 0 radical (unpaired) electrons. The standard InChI is InChI=1S/C24H33NO/c1-24(2)18-23(14-16-26-24)22(17-20-9-5-3-6-10-20)13-15-25-19-21-11-7-4-8-12-21/h3-12,22-23,25H,13-19H2,1-2H3. The maximum absolute atomic E-state index is 5.96. The van der Waals surface area contributed by atoms with Gasteiger partial charge in [-0.05, 0) is 69.0 Å². The zero-order valence-electron chi connectivity index (χ0n) is 16.3. The Balaban J connectivity index is 1.57.